The fourth-order valence-electron chi connectivity index (χ4n) is 3.50. The maximum absolute atomic E-state index is 12.6. The van der Waals surface area contributed by atoms with Gasteiger partial charge < -0.3 is 10.6 Å². The van der Waals surface area contributed by atoms with E-state index in [0.717, 1.165) is 11.4 Å². The highest BCUT2D eigenvalue weighted by Gasteiger charge is 2.52. The molecule has 1 aliphatic rings. The van der Waals surface area contributed by atoms with Crippen molar-refractivity contribution in [2.24, 2.45) is 11.8 Å². The molecule has 2 aromatic carbocycles. The van der Waals surface area contributed by atoms with E-state index in [-0.39, 0.29) is 22.6 Å². The first-order valence-corrected chi connectivity index (χ1v) is 10.4. The summed E-state index contributed by atoms with van der Waals surface area (Å²) in [5, 5.41) is 5.81. The van der Waals surface area contributed by atoms with Crippen molar-refractivity contribution in [1.82, 2.24) is 0 Å². The second kappa shape index (κ2) is 7.75. The highest BCUT2D eigenvalue weighted by atomic mass is 16.2. The van der Waals surface area contributed by atoms with Crippen molar-refractivity contribution in [3.63, 3.8) is 0 Å². The van der Waals surface area contributed by atoms with Gasteiger partial charge in [-0.15, -0.1) is 0 Å². The lowest BCUT2D eigenvalue weighted by Crippen LogP contribution is -2.21. The predicted molar refractivity (Wildman–Crippen MR) is 124 cm³/mol. The van der Waals surface area contributed by atoms with Crippen molar-refractivity contribution >= 4 is 23.2 Å². The molecule has 0 heterocycles. The number of hydrogen-bond donors (Lipinski definition) is 2. The lowest BCUT2D eigenvalue weighted by molar-refractivity contribution is -0.122. The molecule has 1 saturated carbocycles. The summed E-state index contributed by atoms with van der Waals surface area (Å²) in [6.45, 7) is 16.8. The van der Waals surface area contributed by atoms with Crippen LogP contribution in [0.1, 0.15) is 52.7 Å². The predicted octanol–water partition coefficient (Wildman–Crippen LogP) is 5.66. The average molecular weight is 405 g/mol. The third-order valence-corrected chi connectivity index (χ3v) is 5.63. The first-order chi connectivity index (χ1) is 13.9. The van der Waals surface area contributed by atoms with Crippen LogP contribution in [-0.2, 0) is 20.4 Å². The third-order valence-electron chi connectivity index (χ3n) is 5.63. The van der Waals surface area contributed by atoms with Gasteiger partial charge in [-0.05, 0) is 46.2 Å². The van der Waals surface area contributed by atoms with Crippen LogP contribution in [0.4, 0.5) is 11.4 Å². The zero-order valence-electron chi connectivity index (χ0n) is 18.8. The van der Waals surface area contributed by atoms with Crippen molar-refractivity contribution in [1.29, 1.82) is 0 Å². The Morgan fingerprint density at radius 3 is 1.23 bits per heavy atom. The normalized spacial score (nSPS) is 18.7. The molecule has 4 heteroatoms. The summed E-state index contributed by atoms with van der Waals surface area (Å²) < 4.78 is 0. The Morgan fingerprint density at radius 2 is 0.967 bits per heavy atom. The van der Waals surface area contributed by atoms with Gasteiger partial charge >= 0.3 is 0 Å². The van der Waals surface area contributed by atoms with E-state index in [9.17, 15) is 9.59 Å². The molecule has 1 aliphatic carbocycles. The van der Waals surface area contributed by atoms with E-state index in [1.165, 1.54) is 11.1 Å². The Labute approximate surface area is 179 Å². The third kappa shape index (κ3) is 4.81. The van der Waals surface area contributed by atoms with E-state index in [4.69, 9.17) is 0 Å². The topological polar surface area (TPSA) is 58.2 Å². The fraction of sp³-hybridized carbons (Fsp3) is 0.385. The summed E-state index contributed by atoms with van der Waals surface area (Å²) in [4.78, 5) is 25.3. The van der Waals surface area contributed by atoms with Gasteiger partial charge in [0.15, 0.2) is 0 Å². The molecule has 2 aromatic rings. The molecule has 0 aromatic heterocycles. The van der Waals surface area contributed by atoms with Gasteiger partial charge in [0.1, 0.15) is 0 Å². The Kier molecular flexibility index (Phi) is 5.64. The zero-order chi connectivity index (χ0) is 22.3. The number of hydrogen-bond acceptors (Lipinski definition) is 2. The van der Waals surface area contributed by atoms with E-state index in [2.05, 4.69) is 58.8 Å². The molecule has 2 N–H and O–H groups in total. The molecular formula is C26H32N2O2. The molecule has 0 unspecified atom stereocenters. The number of carbonyl (C=O) groups is 2. The maximum atomic E-state index is 12.6. The number of amides is 2. The maximum Gasteiger partial charge on any atom is 0.232 e. The first kappa shape index (κ1) is 21.8. The van der Waals surface area contributed by atoms with Gasteiger partial charge in [0.25, 0.3) is 0 Å². The molecule has 0 saturated heterocycles. The van der Waals surface area contributed by atoms with Gasteiger partial charge in [0.2, 0.25) is 11.8 Å². The molecule has 30 heavy (non-hydrogen) atoms. The summed E-state index contributed by atoms with van der Waals surface area (Å²) in [7, 11) is 0. The molecule has 1 fully saturated rings. The molecule has 0 aliphatic heterocycles. The summed E-state index contributed by atoms with van der Waals surface area (Å²) in [5.74, 6) is -1.35. The Morgan fingerprint density at radius 1 is 0.667 bits per heavy atom. The van der Waals surface area contributed by atoms with E-state index >= 15 is 0 Å². The van der Waals surface area contributed by atoms with Crippen molar-refractivity contribution < 1.29 is 9.59 Å². The molecule has 0 bridgehead atoms. The van der Waals surface area contributed by atoms with Gasteiger partial charge in [-0.1, -0.05) is 78.0 Å². The van der Waals surface area contributed by atoms with Crippen molar-refractivity contribution in [2.45, 2.75) is 52.4 Å². The molecule has 2 atom stereocenters. The molecule has 4 nitrogen and oxygen atoms in total. The monoisotopic (exact) mass is 404 g/mol. The first-order valence-electron chi connectivity index (χ1n) is 10.4. The minimum atomic E-state index is -0.485. The molecule has 0 radical (unpaired) electrons. The van der Waals surface area contributed by atoms with Crippen LogP contribution in [0.5, 0.6) is 0 Å². The largest absolute Gasteiger partial charge is 0.326 e. The highest BCUT2D eigenvalue weighted by Crippen LogP contribution is 2.45. The quantitative estimate of drug-likeness (QED) is 0.646. The smallest absolute Gasteiger partial charge is 0.232 e. The van der Waals surface area contributed by atoms with Crippen LogP contribution in [0.25, 0.3) is 0 Å². The number of anilines is 2. The van der Waals surface area contributed by atoms with Crippen molar-refractivity contribution in [2.75, 3.05) is 10.6 Å². The van der Waals surface area contributed by atoms with Crippen molar-refractivity contribution in [3.05, 3.63) is 71.8 Å². The summed E-state index contributed by atoms with van der Waals surface area (Å²) in [6, 6.07) is 15.7. The van der Waals surface area contributed by atoms with Crippen LogP contribution in [0, 0.1) is 11.8 Å². The van der Waals surface area contributed by atoms with Crippen LogP contribution in [-0.4, -0.2) is 11.8 Å². The lowest BCUT2D eigenvalue weighted by atomic mass is 9.87. The second-order valence-electron chi connectivity index (χ2n) is 10.2. The average Bonchev–Trinajstić information content (AvgIpc) is 3.32. The minimum Gasteiger partial charge on any atom is -0.326 e. The van der Waals surface area contributed by atoms with Crippen molar-refractivity contribution in [3.8, 4) is 0 Å². The fourth-order valence-corrected chi connectivity index (χ4v) is 3.50. The summed E-state index contributed by atoms with van der Waals surface area (Å²) in [6.07, 6.45) is 0. The Balaban J connectivity index is 1.59. The highest BCUT2D eigenvalue weighted by molar-refractivity contribution is 6.08. The zero-order valence-corrected chi connectivity index (χ0v) is 18.8. The molecule has 158 valence electrons. The van der Waals surface area contributed by atoms with E-state index in [0.29, 0.717) is 5.57 Å². The minimum absolute atomic E-state index is 0.0571. The van der Waals surface area contributed by atoms with Gasteiger partial charge in [0.05, 0.1) is 11.8 Å². The van der Waals surface area contributed by atoms with Gasteiger partial charge in [-0.3, -0.25) is 9.59 Å². The standard InChI is InChI=1S/C26H32N2O2/c1-16-21(23(29)27-19-12-8-17(9-13-19)25(2,3)4)22(16)24(30)28-20-14-10-18(11-15-20)26(5,6)7/h8-15,21-22H,1H2,2-7H3,(H,27,29)(H,28,30)/t21-,22+. The number of nitrogens with one attached hydrogen (secondary N) is 2. The number of benzene rings is 2. The Bertz CT molecular complexity index is 879. The molecule has 0 spiro atoms. The van der Waals surface area contributed by atoms with E-state index < -0.39 is 11.8 Å². The second-order valence-corrected chi connectivity index (χ2v) is 10.2. The molecule has 3 rings (SSSR count). The SMILES string of the molecule is C=C1[C@H](C(=O)Nc2ccc(C(C)(C)C)cc2)[C@@H]1C(=O)Nc1ccc(C(C)(C)C)cc1. The number of rotatable bonds is 4. The summed E-state index contributed by atoms with van der Waals surface area (Å²) >= 11 is 0. The Hall–Kier alpha value is -2.88. The van der Waals surface area contributed by atoms with Gasteiger partial charge in [0, 0.05) is 11.4 Å². The van der Waals surface area contributed by atoms with Crippen LogP contribution >= 0.6 is 0 Å². The number of carbonyl (C=O) groups excluding carboxylic acids is 2. The van der Waals surface area contributed by atoms with Gasteiger partial charge in [-0.25, -0.2) is 0 Å². The van der Waals surface area contributed by atoms with Crippen LogP contribution in [0.3, 0.4) is 0 Å². The van der Waals surface area contributed by atoms with Crippen LogP contribution in [0.2, 0.25) is 0 Å². The van der Waals surface area contributed by atoms with Gasteiger partial charge in [-0.2, -0.15) is 0 Å². The molecule has 2 amide bonds. The lowest BCUT2D eigenvalue weighted by Gasteiger charge is -2.19. The van der Waals surface area contributed by atoms with Crippen LogP contribution < -0.4 is 10.6 Å². The molecular weight excluding hydrogens is 372 g/mol. The van der Waals surface area contributed by atoms with Crippen LogP contribution in [0.15, 0.2) is 60.7 Å². The van der Waals surface area contributed by atoms with E-state index in [1.807, 2.05) is 48.5 Å². The van der Waals surface area contributed by atoms with E-state index in [1.54, 1.807) is 0 Å². The summed E-state index contributed by atoms with van der Waals surface area (Å²) in [5.41, 5.74) is 4.62.